The Balaban J connectivity index is 1.69. The van der Waals surface area contributed by atoms with Gasteiger partial charge in [-0.3, -0.25) is 9.59 Å². The molecule has 9 heteroatoms. The number of carbonyl (C=O) groups is 2. The molecule has 4 rings (SSSR count). The van der Waals surface area contributed by atoms with Crippen LogP contribution in [0.1, 0.15) is 27.8 Å². The van der Waals surface area contributed by atoms with Gasteiger partial charge in [-0.05, 0) is 31.2 Å². The molecule has 0 bridgehead atoms. The zero-order chi connectivity index (χ0) is 21.1. The molecule has 3 aromatic rings. The van der Waals surface area contributed by atoms with E-state index in [-0.39, 0.29) is 17.5 Å². The summed E-state index contributed by atoms with van der Waals surface area (Å²) in [6, 6.07) is 10.3. The van der Waals surface area contributed by atoms with Crippen LogP contribution in [0.5, 0.6) is 0 Å². The average molecular weight is 429 g/mol. The fraction of sp³-hybridized carbons (Fsp3) is 0.286. The van der Waals surface area contributed by atoms with Gasteiger partial charge in [0.25, 0.3) is 11.8 Å². The van der Waals surface area contributed by atoms with Gasteiger partial charge in [0, 0.05) is 0 Å². The summed E-state index contributed by atoms with van der Waals surface area (Å²) < 4.78 is 6.66. The summed E-state index contributed by atoms with van der Waals surface area (Å²) in [5.74, 6) is -0.235. The minimum absolute atomic E-state index is 0.139. The Kier molecular flexibility index (Phi) is 5.87. The molecule has 0 saturated carbocycles. The molecule has 30 heavy (non-hydrogen) atoms. The number of halogens is 1. The number of para-hydroxylation sites is 1. The van der Waals surface area contributed by atoms with E-state index >= 15 is 0 Å². The van der Waals surface area contributed by atoms with Gasteiger partial charge in [0.2, 0.25) is 0 Å². The Morgan fingerprint density at radius 2 is 1.97 bits per heavy atom. The quantitative estimate of drug-likeness (QED) is 0.648. The van der Waals surface area contributed by atoms with Crippen molar-refractivity contribution in [3.63, 3.8) is 0 Å². The van der Waals surface area contributed by atoms with Gasteiger partial charge in [0.05, 0.1) is 55.9 Å². The second-order valence-electron chi connectivity index (χ2n) is 7.10. The largest absolute Gasteiger partial charge is 0.459 e. The number of carbonyl (C=O) groups excluding carboxylic acids is 2. The van der Waals surface area contributed by atoms with E-state index in [1.807, 2.05) is 6.07 Å². The third-order valence-corrected chi connectivity index (χ3v) is 5.63. The molecule has 1 fully saturated rings. The maximum Gasteiger partial charge on any atom is 0.292 e. The molecule has 0 unspecified atom stereocenters. The number of anilines is 1. The number of piperazine rings is 1. The molecule has 8 nitrogen and oxygen atoms in total. The van der Waals surface area contributed by atoms with Crippen LogP contribution in [0.25, 0.3) is 5.69 Å². The number of hydrogen-bond acceptors (Lipinski definition) is 4. The SMILES string of the molecule is CC[NH+]1CCN(C(=O)c2cnn(-c3ccccc3Cl)c2NC(=O)c2ccco2)CC1. The topological polar surface area (TPSA) is 84.8 Å². The summed E-state index contributed by atoms with van der Waals surface area (Å²) in [6.45, 7) is 6.29. The van der Waals surface area contributed by atoms with Crippen LogP contribution in [0, 0.1) is 0 Å². The van der Waals surface area contributed by atoms with Gasteiger partial charge in [-0.2, -0.15) is 5.10 Å². The third kappa shape index (κ3) is 3.96. The molecular formula is C21H23ClN5O3+. The summed E-state index contributed by atoms with van der Waals surface area (Å²) in [7, 11) is 0. The molecule has 0 atom stereocenters. The van der Waals surface area contributed by atoms with E-state index in [4.69, 9.17) is 16.0 Å². The molecule has 2 aromatic heterocycles. The highest BCUT2D eigenvalue weighted by molar-refractivity contribution is 6.32. The van der Waals surface area contributed by atoms with Crippen LogP contribution < -0.4 is 10.2 Å². The lowest BCUT2D eigenvalue weighted by Gasteiger charge is -2.31. The van der Waals surface area contributed by atoms with Crippen molar-refractivity contribution in [2.24, 2.45) is 0 Å². The summed E-state index contributed by atoms with van der Waals surface area (Å²) >= 11 is 6.35. The Morgan fingerprint density at radius 1 is 1.20 bits per heavy atom. The lowest BCUT2D eigenvalue weighted by Crippen LogP contribution is -3.14. The van der Waals surface area contributed by atoms with Crippen molar-refractivity contribution in [3.05, 3.63) is 65.2 Å². The van der Waals surface area contributed by atoms with Crippen LogP contribution >= 0.6 is 11.6 Å². The van der Waals surface area contributed by atoms with Gasteiger partial charge in [0.1, 0.15) is 11.4 Å². The number of likely N-dealkylation sites (N-methyl/N-ethyl adjacent to an activating group) is 1. The molecule has 2 N–H and O–H groups in total. The Hall–Kier alpha value is -3.10. The molecular weight excluding hydrogens is 406 g/mol. The molecule has 156 valence electrons. The highest BCUT2D eigenvalue weighted by Crippen LogP contribution is 2.27. The molecule has 1 aliphatic rings. The van der Waals surface area contributed by atoms with E-state index in [1.165, 1.54) is 22.0 Å². The maximum atomic E-state index is 13.3. The lowest BCUT2D eigenvalue weighted by atomic mass is 10.2. The average Bonchev–Trinajstić information content (AvgIpc) is 3.44. The number of nitrogens with one attached hydrogen (secondary N) is 2. The van der Waals surface area contributed by atoms with Crippen molar-refractivity contribution < 1.29 is 18.9 Å². The monoisotopic (exact) mass is 428 g/mol. The van der Waals surface area contributed by atoms with Crippen molar-refractivity contribution in [3.8, 4) is 5.69 Å². The van der Waals surface area contributed by atoms with Crippen molar-refractivity contribution in [1.29, 1.82) is 0 Å². The fourth-order valence-corrected chi connectivity index (χ4v) is 3.77. The fourth-order valence-electron chi connectivity index (χ4n) is 3.56. The first-order valence-electron chi connectivity index (χ1n) is 9.89. The van der Waals surface area contributed by atoms with Crippen molar-refractivity contribution in [1.82, 2.24) is 14.7 Å². The summed E-state index contributed by atoms with van der Waals surface area (Å²) in [5, 5.41) is 7.60. The summed E-state index contributed by atoms with van der Waals surface area (Å²) in [4.78, 5) is 29.2. The second-order valence-corrected chi connectivity index (χ2v) is 7.50. The van der Waals surface area contributed by atoms with E-state index in [2.05, 4.69) is 17.3 Å². The summed E-state index contributed by atoms with van der Waals surface area (Å²) in [6.07, 6.45) is 2.89. The van der Waals surface area contributed by atoms with E-state index in [1.54, 1.807) is 35.2 Å². The van der Waals surface area contributed by atoms with Gasteiger partial charge < -0.3 is 19.5 Å². The van der Waals surface area contributed by atoms with Crippen LogP contribution in [0.4, 0.5) is 5.82 Å². The van der Waals surface area contributed by atoms with Crippen LogP contribution in [0.2, 0.25) is 5.02 Å². The number of quaternary nitrogens is 1. The number of amides is 2. The van der Waals surface area contributed by atoms with E-state index in [0.29, 0.717) is 29.4 Å². The highest BCUT2D eigenvalue weighted by atomic mass is 35.5. The second kappa shape index (κ2) is 8.73. The van der Waals surface area contributed by atoms with Crippen LogP contribution in [0.3, 0.4) is 0 Å². The molecule has 1 aliphatic heterocycles. The molecule has 0 aliphatic carbocycles. The van der Waals surface area contributed by atoms with E-state index < -0.39 is 5.91 Å². The minimum atomic E-state index is -0.469. The Labute approximate surface area is 179 Å². The summed E-state index contributed by atoms with van der Waals surface area (Å²) in [5.41, 5.74) is 0.878. The number of benzene rings is 1. The van der Waals surface area contributed by atoms with Crippen LogP contribution in [-0.2, 0) is 0 Å². The molecule has 0 spiro atoms. The van der Waals surface area contributed by atoms with Gasteiger partial charge in [0.15, 0.2) is 5.76 Å². The zero-order valence-corrected chi connectivity index (χ0v) is 17.4. The molecule has 1 saturated heterocycles. The third-order valence-electron chi connectivity index (χ3n) is 5.31. The smallest absolute Gasteiger partial charge is 0.292 e. The molecule has 0 radical (unpaired) electrons. The number of aromatic nitrogens is 2. The standard InChI is InChI=1S/C21H22ClN5O3/c1-2-25-9-11-26(12-10-25)21(29)15-14-23-27(17-7-4-3-6-16(17)22)19(15)24-20(28)18-8-5-13-30-18/h3-8,13-14H,2,9-12H2,1H3,(H,24,28)/p+1. The first-order valence-corrected chi connectivity index (χ1v) is 10.3. The number of furan rings is 1. The first kappa shape index (κ1) is 20.2. The lowest BCUT2D eigenvalue weighted by molar-refractivity contribution is -0.902. The van der Waals surface area contributed by atoms with Crippen LogP contribution in [0.15, 0.2) is 53.3 Å². The number of nitrogens with zero attached hydrogens (tertiary/aromatic N) is 3. The predicted octanol–water partition coefficient (Wildman–Crippen LogP) is 1.73. The number of rotatable bonds is 5. The zero-order valence-electron chi connectivity index (χ0n) is 16.6. The number of hydrogen-bond donors (Lipinski definition) is 2. The first-order chi connectivity index (χ1) is 14.6. The normalized spacial score (nSPS) is 14.7. The minimum Gasteiger partial charge on any atom is -0.459 e. The van der Waals surface area contributed by atoms with Gasteiger partial charge in [-0.25, -0.2) is 4.68 Å². The molecule has 2 amide bonds. The van der Waals surface area contributed by atoms with Gasteiger partial charge >= 0.3 is 0 Å². The highest BCUT2D eigenvalue weighted by Gasteiger charge is 2.29. The van der Waals surface area contributed by atoms with Crippen molar-refractivity contribution in [2.75, 3.05) is 38.0 Å². The Morgan fingerprint density at radius 3 is 2.63 bits per heavy atom. The van der Waals surface area contributed by atoms with Crippen molar-refractivity contribution >= 4 is 29.2 Å². The van der Waals surface area contributed by atoms with Gasteiger partial charge in [-0.1, -0.05) is 23.7 Å². The Bertz CT molecular complexity index is 1040. The maximum absolute atomic E-state index is 13.3. The molecule has 1 aromatic carbocycles. The van der Waals surface area contributed by atoms with E-state index in [9.17, 15) is 9.59 Å². The predicted molar refractivity (Wildman–Crippen MR) is 112 cm³/mol. The molecule has 3 heterocycles. The van der Waals surface area contributed by atoms with Crippen LogP contribution in [-0.4, -0.2) is 59.2 Å². The van der Waals surface area contributed by atoms with Gasteiger partial charge in [-0.15, -0.1) is 0 Å². The van der Waals surface area contributed by atoms with Crippen molar-refractivity contribution in [2.45, 2.75) is 6.92 Å². The van der Waals surface area contributed by atoms with E-state index in [0.717, 1.165) is 19.6 Å².